The first kappa shape index (κ1) is 22.2. The molecule has 3 rings (SSSR count). The van der Waals surface area contributed by atoms with E-state index in [4.69, 9.17) is 28.9 Å². The molecule has 1 heterocycles. The molecule has 0 unspecified atom stereocenters. The Morgan fingerprint density at radius 2 is 2.07 bits per heavy atom. The van der Waals surface area contributed by atoms with Crippen molar-refractivity contribution in [3.63, 3.8) is 0 Å². The number of amides is 1. The van der Waals surface area contributed by atoms with Crippen LogP contribution in [0.2, 0.25) is 5.02 Å². The molecular weight excluding hydrogens is 424 g/mol. The zero-order valence-electron chi connectivity index (χ0n) is 16.5. The van der Waals surface area contributed by atoms with Crippen molar-refractivity contribution < 1.29 is 9.90 Å². The quantitative estimate of drug-likeness (QED) is 0.315. The topological polar surface area (TPSA) is 52.6 Å². The van der Waals surface area contributed by atoms with Crippen molar-refractivity contribution in [1.29, 1.82) is 0 Å². The second-order valence-electron chi connectivity index (χ2n) is 7.28. The average molecular weight is 451 g/mol. The van der Waals surface area contributed by atoms with E-state index in [0.717, 1.165) is 48.7 Å². The minimum absolute atomic E-state index is 0.162. The van der Waals surface area contributed by atoms with Crippen molar-refractivity contribution >= 4 is 56.3 Å². The molecular formula is C22H27ClN2O2S2. The lowest BCUT2D eigenvalue weighted by Crippen LogP contribution is -2.43. The van der Waals surface area contributed by atoms with Gasteiger partial charge < -0.3 is 10.0 Å². The molecule has 1 aliphatic rings. The van der Waals surface area contributed by atoms with Crippen molar-refractivity contribution in [3.05, 3.63) is 45.8 Å². The van der Waals surface area contributed by atoms with E-state index in [-0.39, 0.29) is 12.5 Å². The molecule has 0 saturated carbocycles. The van der Waals surface area contributed by atoms with Crippen molar-refractivity contribution in [1.82, 2.24) is 10.2 Å². The fourth-order valence-corrected chi connectivity index (χ4v) is 5.22. The van der Waals surface area contributed by atoms with E-state index in [9.17, 15) is 4.79 Å². The number of nitrogens with zero attached hydrogens (tertiary/aromatic N) is 1. The van der Waals surface area contributed by atoms with E-state index in [1.54, 1.807) is 0 Å². The van der Waals surface area contributed by atoms with E-state index in [1.165, 1.54) is 29.8 Å². The number of thiocarbonyl (C=S) groups is 1. The SMILES string of the molecule is O=C(NC(=S)N(CCCCO)CCC1=CCCCC1)c1sc2ccccc2c1Cl. The number of aliphatic hydroxyl groups is 1. The summed E-state index contributed by atoms with van der Waals surface area (Å²) in [5, 5.41) is 13.8. The first-order valence-electron chi connectivity index (χ1n) is 10.2. The number of allylic oxidation sites excluding steroid dienone is 1. The first-order valence-corrected chi connectivity index (χ1v) is 11.8. The molecule has 156 valence electrons. The molecule has 0 fully saturated rings. The Morgan fingerprint density at radius 3 is 2.79 bits per heavy atom. The Balaban J connectivity index is 1.65. The number of carbonyl (C=O) groups is 1. The van der Waals surface area contributed by atoms with Crippen LogP contribution in [0, 0.1) is 0 Å². The maximum Gasteiger partial charge on any atom is 0.269 e. The van der Waals surface area contributed by atoms with Crippen LogP contribution in [0.4, 0.5) is 0 Å². The van der Waals surface area contributed by atoms with Crippen molar-refractivity contribution in [2.24, 2.45) is 0 Å². The minimum atomic E-state index is -0.259. The number of benzene rings is 1. The van der Waals surface area contributed by atoms with E-state index in [0.29, 0.717) is 21.6 Å². The van der Waals surface area contributed by atoms with Crippen molar-refractivity contribution in [3.8, 4) is 0 Å². The summed E-state index contributed by atoms with van der Waals surface area (Å²) in [5.74, 6) is -0.259. The summed E-state index contributed by atoms with van der Waals surface area (Å²) in [5.41, 5.74) is 1.48. The number of unbranched alkanes of at least 4 members (excludes halogenated alkanes) is 1. The highest BCUT2D eigenvalue weighted by Crippen LogP contribution is 2.35. The normalized spacial score (nSPS) is 13.9. The molecule has 0 aliphatic heterocycles. The van der Waals surface area contributed by atoms with Crippen LogP contribution in [-0.2, 0) is 0 Å². The van der Waals surface area contributed by atoms with Gasteiger partial charge in [0.25, 0.3) is 5.91 Å². The lowest BCUT2D eigenvalue weighted by Gasteiger charge is -2.26. The molecule has 29 heavy (non-hydrogen) atoms. The zero-order chi connectivity index (χ0) is 20.6. The van der Waals surface area contributed by atoms with Gasteiger partial charge in [0.05, 0.1) is 5.02 Å². The summed E-state index contributed by atoms with van der Waals surface area (Å²) in [6.45, 7) is 1.65. The number of hydrogen-bond acceptors (Lipinski definition) is 4. The predicted octanol–water partition coefficient (Wildman–Crippen LogP) is 5.53. The maximum atomic E-state index is 12.8. The van der Waals surface area contributed by atoms with Crippen LogP contribution in [0.1, 0.15) is 54.6 Å². The van der Waals surface area contributed by atoms with Crippen LogP contribution >= 0.6 is 35.2 Å². The van der Waals surface area contributed by atoms with Crippen molar-refractivity contribution in [2.75, 3.05) is 19.7 Å². The van der Waals surface area contributed by atoms with Crippen LogP contribution in [0.15, 0.2) is 35.9 Å². The Morgan fingerprint density at radius 1 is 1.24 bits per heavy atom. The molecule has 1 amide bonds. The van der Waals surface area contributed by atoms with E-state index in [1.807, 2.05) is 29.2 Å². The highest BCUT2D eigenvalue weighted by molar-refractivity contribution is 7.80. The van der Waals surface area contributed by atoms with Gasteiger partial charge in [0.1, 0.15) is 4.88 Å². The number of fused-ring (bicyclic) bond motifs is 1. The van der Waals surface area contributed by atoms with Crippen LogP contribution in [0.25, 0.3) is 10.1 Å². The minimum Gasteiger partial charge on any atom is -0.396 e. The highest BCUT2D eigenvalue weighted by Gasteiger charge is 2.20. The first-order chi connectivity index (χ1) is 14.1. The van der Waals surface area contributed by atoms with E-state index >= 15 is 0 Å². The Hall–Kier alpha value is -1.47. The van der Waals surface area contributed by atoms with Crippen LogP contribution < -0.4 is 5.32 Å². The lowest BCUT2D eigenvalue weighted by molar-refractivity contribution is 0.0977. The molecule has 1 aromatic heterocycles. The van der Waals surface area contributed by atoms with Gasteiger partial charge in [-0.1, -0.05) is 41.4 Å². The Labute approximate surface area is 186 Å². The van der Waals surface area contributed by atoms with Gasteiger partial charge >= 0.3 is 0 Å². The molecule has 0 saturated heterocycles. The zero-order valence-corrected chi connectivity index (χ0v) is 18.8. The number of carbonyl (C=O) groups excluding carboxylic acids is 1. The fraction of sp³-hybridized carbons (Fsp3) is 0.455. The molecule has 2 aromatic rings. The maximum absolute atomic E-state index is 12.8. The monoisotopic (exact) mass is 450 g/mol. The van der Waals surface area contributed by atoms with Gasteiger partial charge in [-0.2, -0.15) is 0 Å². The predicted molar refractivity (Wildman–Crippen MR) is 126 cm³/mol. The molecule has 2 N–H and O–H groups in total. The van der Waals surface area contributed by atoms with Crippen LogP contribution in [0.3, 0.4) is 0 Å². The van der Waals surface area contributed by atoms with Crippen LogP contribution in [-0.4, -0.2) is 40.7 Å². The van der Waals surface area contributed by atoms with Gasteiger partial charge in [-0.3, -0.25) is 10.1 Å². The number of nitrogens with one attached hydrogen (secondary N) is 1. The molecule has 1 aromatic carbocycles. The van der Waals surface area contributed by atoms with Gasteiger partial charge in [0.15, 0.2) is 5.11 Å². The third kappa shape index (κ3) is 6.01. The summed E-state index contributed by atoms with van der Waals surface area (Å²) in [6, 6.07) is 7.73. The third-order valence-electron chi connectivity index (χ3n) is 5.17. The lowest BCUT2D eigenvalue weighted by atomic mass is 9.97. The van der Waals surface area contributed by atoms with E-state index in [2.05, 4.69) is 11.4 Å². The molecule has 0 bridgehead atoms. The number of thiophene rings is 1. The van der Waals surface area contributed by atoms with Gasteiger partial charge in [-0.15, -0.1) is 11.3 Å². The highest BCUT2D eigenvalue weighted by atomic mass is 35.5. The standard InChI is InChI=1S/C22H27ClN2O2S2/c23-19-17-10-4-5-11-18(17)29-20(19)21(27)24-22(28)25(13-6-7-15-26)14-12-16-8-2-1-3-9-16/h4-5,8,10-11,26H,1-3,6-7,9,12-15H2,(H,24,27,28). The summed E-state index contributed by atoms with van der Waals surface area (Å²) in [4.78, 5) is 15.4. The number of halogens is 1. The summed E-state index contributed by atoms with van der Waals surface area (Å²) in [6.07, 6.45) is 9.68. The van der Waals surface area contributed by atoms with Gasteiger partial charge in [0.2, 0.25) is 0 Å². The summed E-state index contributed by atoms with van der Waals surface area (Å²) >= 11 is 13.4. The molecule has 7 heteroatoms. The molecule has 1 aliphatic carbocycles. The molecule has 4 nitrogen and oxygen atoms in total. The molecule has 0 radical (unpaired) electrons. The van der Waals surface area contributed by atoms with Crippen molar-refractivity contribution in [2.45, 2.75) is 44.9 Å². The third-order valence-corrected chi connectivity index (χ3v) is 7.21. The molecule has 0 atom stereocenters. The van der Waals surface area contributed by atoms with Crippen LogP contribution in [0.5, 0.6) is 0 Å². The average Bonchev–Trinajstić information content (AvgIpc) is 3.08. The molecule has 0 spiro atoms. The second kappa shape index (κ2) is 11.1. The van der Waals surface area contributed by atoms with Gasteiger partial charge in [-0.05, 0) is 63.2 Å². The largest absolute Gasteiger partial charge is 0.396 e. The summed E-state index contributed by atoms with van der Waals surface area (Å²) < 4.78 is 0.984. The summed E-state index contributed by atoms with van der Waals surface area (Å²) in [7, 11) is 0. The van der Waals surface area contributed by atoms with Gasteiger partial charge in [-0.25, -0.2) is 0 Å². The van der Waals surface area contributed by atoms with Gasteiger partial charge in [0, 0.05) is 29.8 Å². The Kier molecular flexibility index (Phi) is 8.48. The Bertz CT molecular complexity index is 894. The fourth-order valence-electron chi connectivity index (χ4n) is 3.53. The second-order valence-corrected chi connectivity index (χ2v) is 9.09. The smallest absolute Gasteiger partial charge is 0.269 e. The number of hydrogen-bond donors (Lipinski definition) is 2. The number of aliphatic hydroxyl groups excluding tert-OH is 1. The van der Waals surface area contributed by atoms with E-state index < -0.39 is 0 Å². The number of rotatable bonds is 8.